The van der Waals surface area contributed by atoms with Crippen molar-refractivity contribution in [3.63, 3.8) is 0 Å². The summed E-state index contributed by atoms with van der Waals surface area (Å²) in [6, 6.07) is 19.5. The number of carbonyl (C=O) groups excluding carboxylic acids is 7. The maximum atomic E-state index is 14.7. The Labute approximate surface area is 389 Å². The molecule has 11 rings (SSSR count). The highest BCUT2D eigenvalue weighted by atomic mass is 35.5. The van der Waals surface area contributed by atoms with Gasteiger partial charge >= 0.3 is 0 Å². The van der Waals surface area contributed by atoms with Gasteiger partial charge in [0.15, 0.2) is 0 Å². The molecule has 0 aromatic heterocycles. The number of piperazine rings is 1. The molecule has 3 saturated heterocycles. The van der Waals surface area contributed by atoms with Crippen LogP contribution in [-0.4, -0.2) is 108 Å². The fourth-order valence-electron chi connectivity index (χ4n) is 12.1. The van der Waals surface area contributed by atoms with Gasteiger partial charge in [-0.25, -0.2) is 0 Å². The molecule has 4 aromatic rings. The van der Waals surface area contributed by atoms with Crippen molar-refractivity contribution in [1.82, 2.24) is 25.8 Å². The molecule has 5 N–H and O–H groups in total. The van der Waals surface area contributed by atoms with Crippen LogP contribution in [0.1, 0.15) is 93.1 Å². The number of carbonyl (C=O) groups is 7. The molecule has 0 radical (unpaired) electrons. The van der Waals surface area contributed by atoms with E-state index < -0.39 is 52.6 Å². The first-order chi connectivity index (χ1) is 31.9. The Balaban J connectivity index is 0.735. The Bertz CT molecular complexity index is 2800. The second-order valence-corrected chi connectivity index (χ2v) is 19.2. The van der Waals surface area contributed by atoms with Gasteiger partial charge in [0.2, 0.25) is 23.6 Å². The minimum Gasteiger partial charge on any atom is -0.368 e. The number of hydrogen-bond donors (Lipinski definition) is 5. The van der Waals surface area contributed by atoms with E-state index in [-0.39, 0.29) is 41.7 Å². The van der Waals surface area contributed by atoms with Crippen LogP contribution in [0.25, 0.3) is 11.1 Å². The summed E-state index contributed by atoms with van der Waals surface area (Å²) in [6.07, 6.45) is 4.47. The molecule has 1 saturated carbocycles. The van der Waals surface area contributed by atoms with E-state index in [4.69, 9.17) is 23.2 Å². The number of anilines is 3. The predicted octanol–water partition coefficient (Wildman–Crippen LogP) is 5.21. The molecule has 15 nitrogen and oxygen atoms in total. The van der Waals surface area contributed by atoms with Crippen molar-refractivity contribution in [2.75, 3.05) is 54.8 Å². The van der Waals surface area contributed by atoms with E-state index in [0.717, 1.165) is 59.3 Å². The summed E-state index contributed by atoms with van der Waals surface area (Å²) in [5.41, 5.74) is 4.10. The molecule has 1 unspecified atom stereocenters. The molecular weight excluding hydrogens is 883 g/mol. The normalized spacial score (nSPS) is 24.9. The van der Waals surface area contributed by atoms with Crippen molar-refractivity contribution < 1.29 is 33.6 Å². The van der Waals surface area contributed by atoms with Gasteiger partial charge in [0.25, 0.3) is 17.7 Å². The SMILES string of the molecule is O=C1CCC(N2C(=O)c3cccc(N4CCN(CCNC(=O)c5ccc(NC(=O)[C@@H]6NC7(CCCCC7)[C@]78C(=O)Nc9cc(Cl)c(cc97)-c7c(Cl)cccc7[C@@H]68)cc5)CC4)c3C2=O)C(=O)N1. The number of amides is 7. The van der Waals surface area contributed by atoms with Gasteiger partial charge in [-0.3, -0.25) is 54.0 Å². The number of piperidine rings is 1. The summed E-state index contributed by atoms with van der Waals surface area (Å²) in [5.74, 6) is -3.43. The van der Waals surface area contributed by atoms with Crippen LogP contribution in [0.15, 0.2) is 72.8 Å². The minimum absolute atomic E-state index is 0.0518. The third-order valence-electron chi connectivity index (χ3n) is 15.1. The van der Waals surface area contributed by atoms with Crippen LogP contribution in [0.5, 0.6) is 0 Å². The fourth-order valence-corrected chi connectivity index (χ4v) is 12.6. The monoisotopic (exact) mass is 928 g/mol. The number of nitrogens with zero attached hydrogens (tertiary/aromatic N) is 3. The zero-order valence-electron chi connectivity index (χ0n) is 35.8. The Morgan fingerprint density at radius 2 is 1.55 bits per heavy atom. The van der Waals surface area contributed by atoms with Crippen molar-refractivity contribution in [2.24, 2.45) is 0 Å². The van der Waals surface area contributed by atoms with Crippen LogP contribution in [-0.2, 0) is 24.6 Å². The Kier molecular flexibility index (Phi) is 10.3. The number of halogens is 2. The van der Waals surface area contributed by atoms with E-state index in [1.807, 2.05) is 36.4 Å². The molecule has 2 bridgehead atoms. The number of benzene rings is 4. The zero-order chi connectivity index (χ0) is 45.6. The first kappa shape index (κ1) is 42.5. The molecule has 2 aliphatic carbocycles. The van der Waals surface area contributed by atoms with Gasteiger partial charge < -0.3 is 20.9 Å². The number of nitrogens with one attached hydrogen (secondary N) is 5. The van der Waals surface area contributed by atoms with Crippen LogP contribution in [0.4, 0.5) is 17.1 Å². The van der Waals surface area contributed by atoms with Gasteiger partial charge in [-0.2, -0.15) is 0 Å². The van der Waals surface area contributed by atoms with Gasteiger partial charge in [0.1, 0.15) is 11.5 Å². The molecule has 17 heteroatoms. The average Bonchev–Trinajstić information content (AvgIpc) is 3.83. The first-order valence-electron chi connectivity index (χ1n) is 22.6. The standard InChI is InChI=1S/C49H46Cl2N8O7/c50-32-8-4-6-28-38(32)30-24-31-34(25-33(30)51)54-47(66)49(31)40(28)41(56-48(49)16-2-1-3-17-48)44(63)53-27-12-10-26(11-13-27)42(61)52-18-19-57-20-22-58(23-21-57)35-9-5-7-29-39(35)46(65)59(45(29)64)36-14-15-37(60)55-43(36)62/h4-13,24-25,36,40-41,56H,1-3,14-23H2,(H,52,61)(H,53,63)(H,54,66)(H,55,60,62)/t36?,40-,41+,49+/m0/s1. The minimum atomic E-state index is -1.08. The third kappa shape index (κ3) is 6.41. The number of hydrogen-bond acceptors (Lipinski definition) is 10. The van der Waals surface area contributed by atoms with E-state index in [1.165, 1.54) is 0 Å². The summed E-state index contributed by atoms with van der Waals surface area (Å²) >= 11 is 13.8. The maximum absolute atomic E-state index is 14.7. The number of rotatable bonds is 8. The predicted molar refractivity (Wildman–Crippen MR) is 247 cm³/mol. The first-order valence-corrected chi connectivity index (χ1v) is 23.4. The third-order valence-corrected chi connectivity index (χ3v) is 15.7. The topological polar surface area (TPSA) is 189 Å². The molecule has 338 valence electrons. The van der Waals surface area contributed by atoms with Crippen molar-refractivity contribution in [2.45, 2.75) is 73.9 Å². The second-order valence-electron chi connectivity index (χ2n) is 18.4. The average molecular weight is 930 g/mol. The van der Waals surface area contributed by atoms with Gasteiger partial charge in [-0.15, -0.1) is 0 Å². The van der Waals surface area contributed by atoms with E-state index >= 15 is 0 Å². The van der Waals surface area contributed by atoms with E-state index in [0.29, 0.717) is 71.9 Å². The summed E-state index contributed by atoms with van der Waals surface area (Å²) in [5, 5.41) is 16.3. The van der Waals surface area contributed by atoms with Crippen molar-refractivity contribution in [3.05, 3.63) is 111 Å². The maximum Gasteiger partial charge on any atom is 0.264 e. The summed E-state index contributed by atoms with van der Waals surface area (Å²) in [7, 11) is 0. The molecule has 2 spiro atoms. The van der Waals surface area contributed by atoms with Crippen molar-refractivity contribution in [3.8, 4) is 11.1 Å². The quantitative estimate of drug-likeness (QED) is 0.147. The Hall–Kier alpha value is -6.13. The molecule has 66 heavy (non-hydrogen) atoms. The van der Waals surface area contributed by atoms with Crippen molar-refractivity contribution >= 4 is 81.6 Å². The van der Waals surface area contributed by atoms with Gasteiger partial charge in [-0.1, -0.05) is 60.7 Å². The highest BCUT2D eigenvalue weighted by Crippen LogP contribution is 2.66. The van der Waals surface area contributed by atoms with E-state index in [1.54, 1.807) is 36.4 Å². The van der Waals surface area contributed by atoms with Crippen LogP contribution in [0, 0.1) is 0 Å². The molecule has 5 heterocycles. The Morgan fingerprint density at radius 3 is 2.30 bits per heavy atom. The summed E-state index contributed by atoms with van der Waals surface area (Å²) in [6.45, 7) is 3.42. The lowest BCUT2D eigenvalue weighted by molar-refractivity contribution is -0.136. The molecule has 7 amide bonds. The van der Waals surface area contributed by atoms with Gasteiger partial charge in [0.05, 0.1) is 27.9 Å². The van der Waals surface area contributed by atoms with E-state index in [2.05, 4.69) is 36.4 Å². The second kappa shape index (κ2) is 16.0. The van der Waals surface area contributed by atoms with Crippen molar-refractivity contribution in [1.29, 1.82) is 0 Å². The molecule has 5 aliphatic heterocycles. The molecule has 4 fully saturated rings. The smallest absolute Gasteiger partial charge is 0.264 e. The zero-order valence-corrected chi connectivity index (χ0v) is 37.3. The van der Waals surface area contributed by atoms with Crippen LogP contribution < -0.4 is 31.5 Å². The Morgan fingerprint density at radius 1 is 0.788 bits per heavy atom. The number of imide groups is 2. The van der Waals surface area contributed by atoms with Crippen LogP contribution in [0.3, 0.4) is 0 Å². The largest absolute Gasteiger partial charge is 0.368 e. The summed E-state index contributed by atoms with van der Waals surface area (Å²) in [4.78, 5) is 99.2. The molecule has 4 aromatic carbocycles. The number of fused-ring (bicyclic) bond motifs is 5. The lowest BCUT2D eigenvalue weighted by Crippen LogP contribution is -2.60. The molecule has 7 aliphatic rings. The summed E-state index contributed by atoms with van der Waals surface area (Å²) < 4.78 is 0. The van der Waals surface area contributed by atoms with Gasteiger partial charge in [0, 0.05) is 90.2 Å². The lowest BCUT2D eigenvalue weighted by Gasteiger charge is -2.46. The van der Waals surface area contributed by atoms with E-state index in [9.17, 15) is 33.6 Å². The highest BCUT2D eigenvalue weighted by Gasteiger charge is 2.73. The van der Waals surface area contributed by atoms with Crippen LogP contribution in [0.2, 0.25) is 10.0 Å². The molecular formula is C49H46Cl2N8O7. The molecule has 4 atom stereocenters. The van der Waals surface area contributed by atoms with Gasteiger partial charge in [-0.05, 0) is 85.0 Å². The lowest BCUT2D eigenvalue weighted by atomic mass is 9.56. The fraction of sp³-hybridized carbons (Fsp3) is 0.367. The van der Waals surface area contributed by atoms with Crippen LogP contribution >= 0.6 is 23.2 Å². The highest BCUT2D eigenvalue weighted by molar-refractivity contribution is 6.37.